The molecule has 1 nitrogen and oxygen atoms in total. The Morgan fingerprint density at radius 1 is 1.00 bits per heavy atom. The summed E-state index contributed by atoms with van der Waals surface area (Å²) in [5, 5.41) is 0.936. The van der Waals surface area contributed by atoms with Crippen LogP contribution in [0.15, 0.2) is 0 Å². The fourth-order valence-electron chi connectivity index (χ4n) is 4.48. The van der Waals surface area contributed by atoms with Gasteiger partial charge in [-0.25, -0.2) is 0 Å². The van der Waals surface area contributed by atoms with E-state index in [0.717, 1.165) is 35.5 Å². The lowest BCUT2D eigenvalue weighted by molar-refractivity contribution is 0.0263. The molecule has 0 aromatic rings. The van der Waals surface area contributed by atoms with Gasteiger partial charge in [-0.05, 0) is 69.6 Å². The Balaban J connectivity index is 1.72. The van der Waals surface area contributed by atoms with Gasteiger partial charge in [0.2, 0.25) is 0 Å². The zero-order chi connectivity index (χ0) is 11.3. The minimum atomic E-state index is 0.292. The fraction of sp³-hybridized carbons (Fsp3) is 1.00. The Kier molecular flexibility index (Phi) is 2.79. The lowest BCUT2D eigenvalue weighted by Gasteiger charge is -2.55. The molecule has 4 aliphatic carbocycles. The van der Waals surface area contributed by atoms with Crippen LogP contribution in [0, 0.1) is 23.7 Å². The molecule has 0 spiro atoms. The third kappa shape index (κ3) is 1.92. The van der Waals surface area contributed by atoms with Gasteiger partial charge in [-0.1, -0.05) is 0 Å². The highest BCUT2D eigenvalue weighted by Crippen LogP contribution is 2.58. The summed E-state index contributed by atoms with van der Waals surface area (Å²) in [5.41, 5.74) is 5.89. The molecule has 4 fully saturated rings. The Morgan fingerprint density at radius 2 is 1.50 bits per heavy atom. The third-order valence-electron chi connectivity index (χ3n) is 5.09. The van der Waals surface area contributed by atoms with E-state index in [2.05, 4.69) is 25.6 Å². The molecule has 0 saturated heterocycles. The lowest BCUT2D eigenvalue weighted by atomic mass is 9.56. The zero-order valence-electron chi connectivity index (χ0n) is 10.6. The molecule has 0 unspecified atom stereocenters. The molecule has 4 aliphatic rings. The summed E-state index contributed by atoms with van der Waals surface area (Å²) in [6.45, 7) is 5.46. The van der Waals surface area contributed by atoms with Gasteiger partial charge in [0, 0.05) is 16.5 Å². The largest absolute Gasteiger partial charge is 0.329 e. The highest BCUT2D eigenvalue weighted by Gasteiger charge is 2.49. The van der Waals surface area contributed by atoms with Crippen LogP contribution >= 0.6 is 11.8 Å². The summed E-state index contributed by atoms with van der Waals surface area (Å²) >= 11 is 2.21. The number of hydrogen-bond acceptors (Lipinski definition) is 2. The second-order valence-corrected chi connectivity index (χ2v) is 8.86. The molecule has 0 radical (unpaired) electrons. The molecule has 4 rings (SSSR count). The van der Waals surface area contributed by atoms with Gasteiger partial charge < -0.3 is 5.73 Å². The van der Waals surface area contributed by atoms with Crippen molar-refractivity contribution >= 4 is 11.8 Å². The Labute approximate surface area is 104 Å². The minimum Gasteiger partial charge on any atom is -0.329 e. The van der Waals surface area contributed by atoms with Crippen molar-refractivity contribution in [1.82, 2.24) is 0 Å². The number of nitrogens with two attached hydrogens (primary N) is 1. The predicted octanol–water partition coefficient (Wildman–Crippen LogP) is 3.28. The van der Waals surface area contributed by atoms with E-state index in [4.69, 9.17) is 5.73 Å². The summed E-state index contributed by atoms with van der Waals surface area (Å²) in [7, 11) is 0. The molecule has 0 amide bonds. The summed E-state index contributed by atoms with van der Waals surface area (Å²) in [4.78, 5) is 0. The lowest BCUT2D eigenvalue weighted by Crippen LogP contribution is -2.48. The second kappa shape index (κ2) is 3.91. The van der Waals surface area contributed by atoms with Crippen molar-refractivity contribution < 1.29 is 0 Å². The topological polar surface area (TPSA) is 26.0 Å². The zero-order valence-corrected chi connectivity index (χ0v) is 11.4. The van der Waals surface area contributed by atoms with E-state index < -0.39 is 0 Å². The van der Waals surface area contributed by atoms with Crippen LogP contribution in [0.25, 0.3) is 0 Å². The molecule has 16 heavy (non-hydrogen) atoms. The van der Waals surface area contributed by atoms with Crippen molar-refractivity contribution in [2.24, 2.45) is 29.4 Å². The highest BCUT2D eigenvalue weighted by molar-refractivity contribution is 8.01. The normalized spacial score (nSPS) is 46.3. The fourth-order valence-corrected chi connectivity index (χ4v) is 6.15. The Morgan fingerprint density at radius 3 is 1.94 bits per heavy atom. The van der Waals surface area contributed by atoms with Crippen LogP contribution in [0.2, 0.25) is 0 Å². The molecule has 2 N–H and O–H groups in total. The van der Waals surface area contributed by atoms with E-state index in [1.807, 2.05) is 0 Å². The van der Waals surface area contributed by atoms with Gasteiger partial charge in [0.05, 0.1) is 0 Å². The SMILES string of the molecule is CC(C)(CN)SC1C2CC3CC(C2)CC1C3. The monoisotopic (exact) mass is 239 g/mol. The molecule has 0 aromatic carbocycles. The summed E-state index contributed by atoms with van der Waals surface area (Å²) < 4.78 is 0.292. The van der Waals surface area contributed by atoms with Crippen LogP contribution in [0.4, 0.5) is 0 Å². The van der Waals surface area contributed by atoms with Crippen molar-refractivity contribution in [3.8, 4) is 0 Å². The van der Waals surface area contributed by atoms with Gasteiger partial charge in [0.1, 0.15) is 0 Å². The van der Waals surface area contributed by atoms with Gasteiger partial charge in [-0.2, -0.15) is 11.8 Å². The molecule has 2 heteroatoms. The van der Waals surface area contributed by atoms with Gasteiger partial charge in [0.25, 0.3) is 0 Å². The average molecular weight is 239 g/mol. The molecule has 0 atom stereocenters. The smallest absolute Gasteiger partial charge is 0.0228 e. The van der Waals surface area contributed by atoms with Crippen molar-refractivity contribution in [3.05, 3.63) is 0 Å². The maximum Gasteiger partial charge on any atom is 0.0228 e. The van der Waals surface area contributed by atoms with Crippen LogP contribution in [-0.2, 0) is 0 Å². The van der Waals surface area contributed by atoms with Crippen LogP contribution in [0.3, 0.4) is 0 Å². The molecule has 4 bridgehead atoms. The van der Waals surface area contributed by atoms with Gasteiger partial charge in [-0.3, -0.25) is 0 Å². The van der Waals surface area contributed by atoms with E-state index in [1.54, 1.807) is 6.42 Å². The maximum absolute atomic E-state index is 5.89. The summed E-state index contributed by atoms with van der Waals surface area (Å²) in [5.74, 6) is 4.26. The first kappa shape index (κ1) is 11.4. The molecule has 0 aliphatic heterocycles. The van der Waals surface area contributed by atoms with Crippen molar-refractivity contribution in [1.29, 1.82) is 0 Å². The van der Waals surface area contributed by atoms with E-state index >= 15 is 0 Å². The van der Waals surface area contributed by atoms with Crippen molar-refractivity contribution in [2.75, 3.05) is 6.54 Å². The summed E-state index contributed by atoms with van der Waals surface area (Å²) in [6, 6.07) is 0. The minimum absolute atomic E-state index is 0.292. The van der Waals surface area contributed by atoms with Gasteiger partial charge >= 0.3 is 0 Å². The van der Waals surface area contributed by atoms with Crippen LogP contribution in [0.5, 0.6) is 0 Å². The van der Waals surface area contributed by atoms with Crippen molar-refractivity contribution in [2.45, 2.75) is 55.9 Å². The highest BCUT2D eigenvalue weighted by atomic mass is 32.2. The third-order valence-corrected chi connectivity index (χ3v) is 6.93. The standard InChI is InChI=1S/C14H25NS/c1-14(2,8-15)16-13-11-4-9-3-10(6-11)7-12(13)5-9/h9-13H,3-8,15H2,1-2H3. The molecular formula is C14H25NS. The molecule has 0 aromatic heterocycles. The van der Waals surface area contributed by atoms with Crippen LogP contribution < -0.4 is 5.73 Å². The number of thioether (sulfide) groups is 1. The molecule has 0 heterocycles. The van der Waals surface area contributed by atoms with Gasteiger partial charge in [0.15, 0.2) is 0 Å². The first-order valence-corrected chi connectivity index (χ1v) is 7.83. The molecule has 92 valence electrons. The Hall–Kier alpha value is 0.310. The number of rotatable bonds is 3. The first-order chi connectivity index (χ1) is 7.57. The van der Waals surface area contributed by atoms with E-state index in [0.29, 0.717) is 4.75 Å². The van der Waals surface area contributed by atoms with Crippen LogP contribution in [-0.4, -0.2) is 16.5 Å². The second-order valence-electron chi connectivity index (χ2n) is 6.98. The maximum atomic E-state index is 5.89. The molecule has 4 saturated carbocycles. The number of hydrogen-bond donors (Lipinski definition) is 1. The Bertz CT molecular complexity index is 246. The van der Waals surface area contributed by atoms with Crippen LogP contribution in [0.1, 0.15) is 46.0 Å². The van der Waals surface area contributed by atoms with E-state index in [-0.39, 0.29) is 0 Å². The average Bonchev–Trinajstić information content (AvgIpc) is 2.22. The predicted molar refractivity (Wildman–Crippen MR) is 71.6 cm³/mol. The van der Waals surface area contributed by atoms with Crippen molar-refractivity contribution in [3.63, 3.8) is 0 Å². The van der Waals surface area contributed by atoms with E-state index in [9.17, 15) is 0 Å². The first-order valence-electron chi connectivity index (χ1n) is 6.95. The summed E-state index contributed by atoms with van der Waals surface area (Å²) in [6.07, 6.45) is 7.69. The van der Waals surface area contributed by atoms with Gasteiger partial charge in [-0.15, -0.1) is 0 Å². The van der Waals surface area contributed by atoms with E-state index in [1.165, 1.54) is 25.7 Å². The quantitative estimate of drug-likeness (QED) is 0.818. The molecular weight excluding hydrogens is 214 g/mol.